The van der Waals surface area contributed by atoms with E-state index in [2.05, 4.69) is 24.3 Å². The predicted octanol–water partition coefficient (Wildman–Crippen LogP) is 3.21. The Labute approximate surface area is 92.8 Å². The number of carbonyl (C=O) groups is 1. The highest BCUT2D eigenvalue weighted by molar-refractivity contribution is 7.80. The molecule has 0 aromatic rings. The van der Waals surface area contributed by atoms with Gasteiger partial charge < -0.3 is 4.74 Å². The van der Waals surface area contributed by atoms with E-state index in [0.29, 0.717) is 18.3 Å². The molecule has 0 rings (SSSR count). The summed E-state index contributed by atoms with van der Waals surface area (Å²) < 4.78 is 4.61. The van der Waals surface area contributed by atoms with E-state index in [1.807, 2.05) is 0 Å². The summed E-state index contributed by atoms with van der Waals surface area (Å²) in [5.74, 6) is 0. The Hall–Kier alpha value is -0.180. The van der Waals surface area contributed by atoms with Gasteiger partial charge in [-0.15, -0.1) is 0 Å². The minimum atomic E-state index is 0.474. The van der Waals surface area contributed by atoms with Crippen molar-refractivity contribution in [2.45, 2.75) is 57.1 Å². The Morgan fingerprint density at radius 3 is 2.57 bits per heavy atom. The molecule has 0 aliphatic rings. The molecular formula is C11H22O2S. The summed E-state index contributed by atoms with van der Waals surface area (Å²) in [7, 11) is 0. The molecule has 0 amide bonds. The average Bonchev–Trinajstić information content (AvgIpc) is 2.19. The van der Waals surface area contributed by atoms with Crippen LogP contribution in [-0.2, 0) is 9.53 Å². The van der Waals surface area contributed by atoms with E-state index in [1.165, 1.54) is 32.1 Å². The van der Waals surface area contributed by atoms with Gasteiger partial charge in [-0.2, -0.15) is 12.6 Å². The van der Waals surface area contributed by atoms with Gasteiger partial charge in [0.25, 0.3) is 6.47 Å². The first-order valence-corrected chi connectivity index (χ1v) is 6.06. The minimum Gasteiger partial charge on any atom is -0.468 e. The first kappa shape index (κ1) is 13.8. The van der Waals surface area contributed by atoms with Crippen LogP contribution in [0.25, 0.3) is 0 Å². The van der Waals surface area contributed by atoms with Gasteiger partial charge in [0, 0.05) is 5.25 Å². The van der Waals surface area contributed by atoms with Gasteiger partial charge in [0.15, 0.2) is 0 Å². The van der Waals surface area contributed by atoms with E-state index in [1.54, 1.807) is 0 Å². The van der Waals surface area contributed by atoms with Crippen molar-refractivity contribution in [2.24, 2.45) is 0 Å². The van der Waals surface area contributed by atoms with E-state index in [4.69, 9.17) is 0 Å². The normalized spacial score (nSPS) is 12.4. The molecule has 0 aliphatic carbocycles. The van der Waals surface area contributed by atoms with Crippen LogP contribution in [0, 0.1) is 0 Å². The molecule has 0 heterocycles. The molecule has 0 aromatic carbocycles. The number of hydrogen-bond donors (Lipinski definition) is 1. The van der Waals surface area contributed by atoms with Gasteiger partial charge in [-0.25, -0.2) is 0 Å². The molecule has 0 bridgehead atoms. The second-order valence-electron chi connectivity index (χ2n) is 3.61. The van der Waals surface area contributed by atoms with Crippen LogP contribution in [0.15, 0.2) is 0 Å². The van der Waals surface area contributed by atoms with Crippen molar-refractivity contribution in [1.29, 1.82) is 0 Å². The quantitative estimate of drug-likeness (QED) is 0.346. The largest absolute Gasteiger partial charge is 0.468 e. The standard InChI is InChI=1S/C11H22O2S/c1-2-3-4-5-7-11(14)8-6-9-13-10-12/h10-11,14H,2-9H2,1H3. The van der Waals surface area contributed by atoms with Gasteiger partial charge >= 0.3 is 0 Å². The summed E-state index contributed by atoms with van der Waals surface area (Å²) in [6.45, 7) is 3.26. The van der Waals surface area contributed by atoms with Crippen LogP contribution in [0.4, 0.5) is 0 Å². The fourth-order valence-corrected chi connectivity index (χ4v) is 1.77. The summed E-state index contributed by atoms with van der Waals surface area (Å²) in [4.78, 5) is 9.85. The van der Waals surface area contributed by atoms with E-state index >= 15 is 0 Å². The molecule has 1 unspecified atom stereocenters. The lowest BCUT2D eigenvalue weighted by molar-refractivity contribution is -0.128. The van der Waals surface area contributed by atoms with Crippen LogP contribution in [0.2, 0.25) is 0 Å². The van der Waals surface area contributed by atoms with E-state index in [0.717, 1.165) is 12.8 Å². The van der Waals surface area contributed by atoms with Gasteiger partial charge in [0.2, 0.25) is 0 Å². The topological polar surface area (TPSA) is 26.3 Å². The Kier molecular flexibility index (Phi) is 10.8. The number of thiol groups is 1. The number of rotatable bonds is 10. The fourth-order valence-electron chi connectivity index (χ4n) is 1.40. The third-order valence-corrected chi connectivity index (χ3v) is 2.77. The van der Waals surface area contributed by atoms with Crippen molar-refractivity contribution in [3.05, 3.63) is 0 Å². The first-order valence-electron chi connectivity index (χ1n) is 5.54. The molecule has 3 heteroatoms. The summed E-state index contributed by atoms with van der Waals surface area (Å²) in [6.07, 6.45) is 8.36. The second kappa shape index (κ2) is 10.9. The lowest BCUT2D eigenvalue weighted by atomic mass is 10.1. The maximum atomic E-state index is 9.85. The van der Waals surface area contributed by atoms with Gasteiger partial charge in [-0.1, -0.05) is 32.6 Å². The van der Waals surface area contributed by atoms with E-state index in [-0.39, 0.29) is 0 Å². The van der Waals surface area contributed by atoms with Gasteiger partial charge in [-0.05, 0) is 19.3 Å². The highest BCUT2D eigenvalue weighted by Gasteiger charge is 2.02. The highest BCUT2D eigenvalue weighted by atomic mass is 32.1. The Bertz CT molecular complexity index is 128. The zero-order valence-corrected chi connectivity index (χ0v) is 9.97. The number of unbranched alkanes of at least 4 members (excludes halogenated alkanes) is 3. The van der Waals surface area contributed by atoms with Crippen LogP contribution >= 0.6 is 12.6 Å². The van der Waals surface area contributed by atoms with Gasteiger partial charge in [0.05, 0.1) is 6.61 Å². The third kappa shape index (κ3) is 9.90. The van der Waals surface area contributed by atoms with E-state index < -0.39 is 0 Å². The van der Waals surface area contributed by atoms with Crippen LogP contribution in [-0.4, -0.2) is 18.3 Å². The minimum absolute atomic E-state index is 0.474. The molecule has 1 atom stereocenters. The fraction of sp³-hybridized carbons (Fsp3) is 0.909. The summed E-state index contributed by atoms with van der Waals surface area (Å²) in [5.41, 5.74) is 0. The molecule has 0 aliphatic heterocycles. The van der Waals surface area contributed by atoms with Gasteiger partial charge in [0.1, 0.15) is 0 Å². The summed E-state index contributed by atoms with van der Waals surface area (Å²) >= 11 is 4.49. The molecule has 0 spiro atoms. The lowest BCUT2D eigenvalue weighted by Gasteiger charge is -2.09. The third-order valence-electron chi connectivity index (χ3n) is 2.26. The van der Waals surface area contributed by atoms with Crippen LogP contribution < -0.4 is 0 Å². The Balaban J connectivity index is 3.10. The van der Waals surface area contributed by atoms with Crippen molar-refractivity contribution in [1.82, 2.24) is 0 Å². The van der Waals surface area contributed by atoms with Crippen molar-refractivity contribution >= 4 is 19.1 Å². The molecule has 0 saturated carbocycles. The van der Waals surface area contributed by atoms with Crippen LogP contribution in [0.3, 0.4) is 0 Å². The zero-order chi connectivity index (χ0) is 10.6. The molecule has 0 fully saturated rings. The smallest absolute Gasteiger partial charge is 0.293 e. The van der Waals surface area contributed by atoms with Crippen molar-refractivity contribution < 1.29 is 9.53 Å². The Morgan fingerprint density at radius 1 is 1.21 bits per heavy atom. The molecule has 0 N–H and O–H groups in total. The van der Waals surface area contributed by atoms with E-state index in [9.17, 15) is 4.79 Å². The maximum Gasteiger partial charge on any atom is 0.293 e. The van der Waals surface area contributed by atoms with Gasteiger partial charge in [-0.3, -0.25) is 4.79 Å². The predicted molar refractivity (Wildman–Crippen MR) is 62.8 cm³/mol. The van der Waals surface area contributed by atoms with Crippen molar-refractivity contribution in [3.8, 4) is 0 Å². The SMILES string of the molecule is CCCCCCC(S)CCCOC=O. The lowest BCUT2D eigenvalue weighted by Crippen LogP contribution is -2.01. The Morgan fingerprint density at radius 2 is 1.93 bits per heavy atom. The number of carbonyl (C=O) groups excluding carboxylic acids is 1. The van der Waals surface area contributed by atoms with Crippen molar-refractivity contribution in [2.75, 3.05) is 6.61 Å². The first-order chi connectivity index (χ1) is 6.81. The highest BCUT2D eigenvalue weighted by Crippen LogP contribution is 2.14. The monoisotopic (exact) mass is 218 g/mol. The zero-order valence-electron chi connectivity index (χ0n) is 9.08. The van der Waals surface area contributed by atoms with Crippen LogP contribution in [0.1, 0.15) is 51.9 Å². The molecule has 0 aromatic heterocycles. The molecule has 0 radical (unpaired) electrons. The average molecular weight is 218 g/mol. The number of ether oxygens (including phenoxy) is 1. The summed E-state index contributed by atoms with van der Waals surface area (Å²) in [5, 5.41) is 0.474. The number of hydrogen-bond acceptors (Lipinski definition) is 3. The molecule has 84 valence electrons. The maximum absolute atomic E-state index is 9.85. The molecular weight excluding hydrogens is 196 g/mol. The van der Waals surface area contributed by atoms with Crippen molar-refractivity contribution in [3.63, 3.8) is 0 Å². The van der Waals surface area contributed by atoms with Crippen LogP contribution in [0.5, 0.6) is 0 Å². The second-order valence-corrected chi connectivity index (χ2v) is 4.34. The molecule has 2 nitrogen and oxygen atoms in total. The summed E-state index contributed by atoms with van der Waals surface area (Å²) in [6, 6.07) is 0. The molecule has 14 heavy (non-hydrogen) atoms. The molecule has 0 saturated heterocycles.